The maximum Gasteiger partial charge on any atom is 0.124 e. The molecule has 4 heteroatoms. The van der Waals surface area contributed by atoms with Gasteiger partial charge in [0.1, 0.15) is 12.4 Å². The Labute approximate surface area is 122 Å². The van der Waals surface area contributed by atoms with Crippen LogP contribution in [0.5, 0.6) is 5.75 Å². The fraction of sp³-hybridized carbons (Fsp3) is 0.200. The molecule has 2 aromatic rings. The molecular weight excluding hydrogens is 278 g/mol. The van der Waals surface area contributed by atoms with Gasteiger partial charge < -0.3 is 10.5 Å². The first kappa shape index (κ1) is 14.0. The van der Waals surface area contributed by atoms with E-state index in [1.165, 1.54) is 0 Å². The van der Waals surface area contributed by atoms with Crippen LogP contribution in [-0.2, 0) is 6.61 Å². The number of ether oxygens (including phenoxy) is 1. The molecule has 0 spiro atoms. The first-order valence-corrected chi connectivity index (χ1v) is 7.10. The predicted molar refractivity (Wildman–Crippen MR) is 80.8 cm³/mol. The first-order valence-electron chi connectivity index (χ1n) is 5.85. The van der Waals surface area contributed by atoms with E-state index in [2.05, 4.69) is 11.8 Å². The quantitative estimate of drug-likeness (QED) is 0.877. The van der Waals surface area contributed by atoms with Crippen LogP contribution in [0, 0.1) is 18.8 Å². The molecule has 0 atom stereocenters. The lowest BCUT2D eigenvalue weighted by Gasteiger charge is -2.07. The molecule has 1 heterocycles. The van der Waals surface area contributed by atoms with E-state index in [1.807, 2.05) is 36.6 Å². The molecule has 2 nitrogen and oxygen atoms in total. The zero-order valence-electron chi connectivity index (χ0n) is 10.6. The van der Waals surface area contributed by atoms with Crippen LogP contribution in [0.2, 0.25) is 5.02 Å². The molecule has 1 aromatic carbocycles. The number of halogens is 1. The van der Waals surface area contributed by atoms with Crippen LogP contribution in [0.1, 0.15) is 16.0 Å². The summed E-state index contributed by atoms with van der Waals surface area (Å²) in [6.45, 7) is 2.83. The van der Waals surface area contributed by atoms with Crippen molar-refractivity contribution in [3.63, 3.8) is 0 Å². The summed E-state index contributed by atoms with van der Waals surface area (Å²) in [5.74, 6) is 6.71. The minimum atomic E-state index is 0.368. The van der Waals surface area contributed by atoms with Crippen molar-refractivity contribution in [2.24, 2.45) is 5.73 Å². The minimum absolute atomic E-state index is 0.368. The van der Waals surface area contributed by atoms with Gasteiger partial charge >= 0.3 is 0 Å². The van der Waals surface area contributed by atoms with E-state index < -0.39 is 0 Å². The molecule has 0 saturated heterocycles. The normalized spacial score (nSPS) is 9.84. The SMILES string of the molecule is Cc1cc(OCc2sccc2C#CCN)ccc1Cl. The number of thiophene rings is 1. The van der Waals surface area contributed by atoms with E-state index in [-0.39, 0.29) is 0 Å². The highest BCUT2D eigenvalue weighted by Gasteiger charge is 2.04. The molecule has 0 fully saturated rings. The summed E-state index contributed by atoms with van der Waals surface area (Å²) in [6.07, 6.45) is 0. The average molecular weight is 292 g/mol. The Bertz CT molecular complexity index is 625. The van der Waals surface area contributed by atoms with Crippen molar-refractivity contribution in [2.45, 2.75) is 13.5 Å². The molecule has 2 N–H and O–H groups in total. The second kappa shape index (κ2) is 6.63. The third-order valence-electron chi connectivity index (χ3n) is 2.57. The standard InChI is InChI=1S/C15H14ClNOS/c1-11-9-13(4-5-14(11)16)18-10-15-12(3-2-7-17)6-8-19-15/h4-6,8-9H,7,10,17H2,1H3. The molecule has 19 heavy (non-hydrogen) atoms. The monoisotopic (exact) mass is 291 g/mol. The van der Waals surface area contributed by atoms with Gasteiger partial charge in [-0.2, -0.15) is 0 Å². The highest BCUT2D eigenvalue weighted by Crippen LogP contribution is 2.23. The van der Waals surface area contributed by atoms with E-state index in [0.717, 1.165) is 26.8 Å². The summed E-state index contributed by atoms with van der Waals surface area (Å²) in [5, 5.41) is 2.75. The predicted octanol–water partition coefficient (Wildman–Crippen LogP) is 3.60. The molecule has 0 bridgehead atoms. The molecule has 1 aromatic heterocycles. The summed E-state index contributed by atoms with van der Waals surface area (Å²) < 4.78 is 5.76. The molecule has 0 aliphatic carbocycles. The fourth-order valence-corrected chi connectivity index (χ4v) is 2.42. The van der Waals surface area contributed by atoms with Gasteiger partial charge in [0.05, 0.1) is 11.4 Å². The van der Waals surface area contributed by atoms with Crippen LogP contribution in [0.4, 0.5) is 0 Å². The number of rotatable bonds is 3. The number of hydrogen-bond donors (Lipinski definition) is 1. The molecule has 0 aliphatic heterocycles. The Morgan fingerprint density at radius 1 is 1.37 bits per heavy atom. The maximum absolute atomic E-state index is 5.98. The molecule has 2 rings (SSSR count). The Hall–Kier alpha value is -1.47. The van der Waals surface area contributed by atoms with E-state index in [1.54, 1.807) is 11.3 Å². The summed E-state index contributed by atoms with van der Waals surface area (Å²) in [7, 11) is 0. The summed E-state index contributed by atoms with van der Waals surface area (Å²) in [4.78, 5) is 1.11. The smallest absolute Gasteiger partial charge is 0.124 e. The van der Waals surface area contributed by atoms with Crippen LogP contribution >= 0.6 is 22.9 Å². The summed E-state index contributed by atoms with van der Waals surface area (Å²) in [5.41, 5.74) is 7.37. The molecule has 0 radical (unpaired) electrons. The molecule has 0 amide bonds. The van der Waals surface area contributed by atoms with Gasteiger partial charge in [-0.15, -0.1) is 11.3 Å². The summed E-state index contributed by atoms with van der Waals surface area (Å²) >= 11 is 7.61. The molecule has 0 saturated carbocycles. The van der Waals surface area contributed by atoms with E-state index in [9.17, 15) is 0 Å². The minimum Gasteiger partial charge on any atom is -0.488 e. The van der Waals surface area contributed by atoms with Crippen molar-refractivity contribution in [1.82, 2.24) is 0 Å². The zero-order valence-corrected chi connectivity index (χ0v) is 12.1. The topological polar surface area (TPSA) is 35.2 Å². The Balaban J connectivity index is 2.06. The molecule has 0 unspecified atom stereocenters. The zero-order chi connectivity index (χ0) is 13.7. The van der Waals surface area contributed by atoms with Crippen LogP contribution in [0.3, 0.4) is 0 Å². The van der Waals surface area contributed by atoms with Crippen molar-refractivity contribution >= 4 is 22.9 Å². The van der Waals surface area contributed by atoms with E-state index in [4.69, 9.17) is 22.1 Å². The number of nitrogens with two attached hydrogens (primary N) is 1. The van der Waals surface area contributed by atoms with Crippen molar-refractivity contribution in [3.8, 4) is 17.6 Å². The van der Waals surface area contributed by atoms with Crippen LogP contribution < -0.4 is 10.5 Å². The Morgan fingerprint density at radius 3 is 2.95 bits per heavy atom. The van der Waals surface area contributed by atoms with Gasteiger partial charge in [0.2, 0.25) is 0 Å². The number of aryl methyl sites for hydroxylation is 1. The Kier molecular flexibility index (Phi) is 4.86. The van der Waals surface area contributed by atoms with Crippen LogP contribution in [0.15, 0.2) is 29.6 Å². The fourth-order valence-electron chi connectivity index (χ4n) is 1.57. The van der Waals surface area contributed by atoms with Gasteiger partial charge in [-0.1, -0.05) is 23.4 Å². The average Bonchev–Trinajstić information content (AvgIpc) is 2.85. The number of benzene rings is 1. The van der Waals surface area contributed by atoms with Crippen molar-refractivity contribution in [1.29, 1.82) is 0 Å². The lowest BCUT2D eigenvalue weighted by molar-refractivity contribution is 0.309. The largest absolute Gasteiger partial charge is 0.488 e. The van der Waals surface area contributed by atoms with Gasteiger partial charge in [0, 0.05) is 10.6 Å². The molecular formula is C15H14ClNOS. The lowest BCUT2D eigenvalue weighted by Crippen LogP contribution is -1.96. The highest BCUT2D eigenvalue weighted by atomic mass is 35.5. The third-order valence-corrected chi connectivity index (χ3v) is 3.89. The lowest BCUT2D eigenvalue weighted by atomic mass is 10.2. The maximum atomic E-state index is 5.98. The van der Waals surface area contributed by atoms with Gasteiger partial charge in [0.25, 0.3) is 0 Å². The second-order valence-electron chi connectivity index (χ2n) is 3.96. The second-order valence-corrected chi connectivity index (χ2v) is 5.37. The molecule has 0 aliphatic rings. The van der Waals surface area contributed by atoms with Crippen molar-refractivity contribution < 1.29 is 4.74 Å². The van der Waals surface area contributed by atoms with Crippen molar-refractivity contribution in [2.75, 3.05) is 6.54 Å². The van der Waals surface area contributed by atoms with Gasteiger partial charge in [-0.25, -0.2) is 0 Å². The Morgan fingerprint density at radius 2 is 2.21 bits per heavy atom. The van der Waals surface area contributed by atoms with Crippen LogP contribution in [0.25, 0.3) is 0 Å². The molecule has 98 valence electrons. The van der Waals surface area contributed by atoms with Crippen LogP contribution in [-0.4, -0.2) is 6.54 Å². The van der Waals surface area contributed by atoms with E-state index in [0.29, 0.717) is 13.2 Å². The van der Waals surface area contributed by atoms with Gasteiger partial charge in [-0.05, 0) is 42.1 Å². The highest BCUT2D eigenvalue weighted by molar-refractivity contribution is 7.10. The van der Waals surface area contributed by atoms with Crippen molar-refractivity contribution in [3.05, 3.63) is 50.7 Å². The number of hydrogen-bond acceptors (Lipinski definition) is 3. The third kappa shape index (κ3) is 3.74. The van der Waals surface area contributed by atoms with Gasteiger partial charge in [-0.3, -0.25) is 0 Å². The first-order chi connectivity index (χ1) is 9.20. The van der Waals surface area contributed by atoms with Gasteiger partial charge in [0.15, 0.2) is 0 Å². The summed E-state index contributed by atoms with van der Waals surface area (Å²) in [6, 6.07) is 7.63. The van der Waals surface area contributed by atoms with E-state index >= 15 is 0 Å².